The predicted octanol–water partition coefficient (Wildman–Crippen LogP) is 7.96. The number of carbonyl (C=O) groups excluding carboxylic acids is 3. The normalized spacial score (nSPS) is 20.5. The lowest BCUT2D eigenvalue weighted by atomic mass is 9.65. The highest BCUT2D eigenvalue weighted by molar-refractivity contribution is 6.74. The van der Waals surface area contributed by atoms with Gasteiger partial charge in [-0.3, -0.25) is 14.5 Å². The van der Waals surface area contributed by atoms with Crippen LogP contribution in [0.25, 0.3) is 0 Å². The number of likely N-dealkylation sites (tertiary alicyclic amines) is 1. The van der Waals surface area contributed by atoms with E-state index in [1.54, 1.807) is 16.7 Å². The first-order chi connectivity index (χ1) is 21.3. The first kappa shape index (κ1) is 37.1. The quantitative estimate of drug-likeness (QED) is 0.191. The molecule has 1 fully saturated rings. The lowest BCUT2D eigenvalue weighted by molar-refractivity contribution is -0.146. The van der Waals surface area contributed by atoms with Crippen LogP contribution in [0.3, 0.4) is 0 Å². The Bertz CT molecular complexity index is 1350. The summed E-state index contributed by atoms with van der Waals surface area (Å²) < 4.78 is 17.7. The van der Waals surface area contributed by atoms with Gasteiger partial charge in [-0.2, -0.15) is 0 Å². The zero-order valence-electron chi connectivity index (χ0n) is 29.9. The van der Waals surface area contributed by atoms with Crippen molar-refractivity contribution in [2.45, 2.75) is 117 Å². The Balaban J connectivity index is 2.04. The van der Waals surface area contributed by atoms with Crippen molar-refractivity contribution < 1.29 is 28.3 Å². The summed E-state index contributed by atoms with van der Waals surface area (Å²) in [6.07, 6.45) is -0.0631. The third-order valence-electron chi connectivity index (χ3n) is 9.56. The minimum absolute atomic E-state index is 0.00861. The molecule has 3 rings (SSSR count). The van der Waals surface area contributed by atoms with Crippen LogP contribution in [0.5, 0.6) is 5.75 Å². The van der Waals surface area contributed by atoms with E-state index in [4.69, 9.17) is 13.9 Å². The molecule has 1 heterocycles. The van der Waals surface area contributed by atoms with E-state index in [2.05, 4.69) is 59.8 Å². The maximum Gasteiger partial charge on any atom is 0.410 e. The summed E-state index contributed by atoms with van der Waals surface area (Å²) >= 11 is 0. The molecule has 0 bridgehead atoms. The monoisotopic (exact) mass is 652 g/mol. The molecule has 3 atom stereocenters. The summed E-state index contributed by atoms with van der Waals surface area (Å²) in [6, 6.07) is 17.1. The van der Waals surface area contributed by atoms with E-state index in [-0.39, 0.29) is 42.4 Å². The fourth-order valence-electron chi connectivity index (χ4n) is 5.59. The number of esters is 1. The second-order valence-electron chi connectivity index (χ2n) is 15.4. The fourth-order valence-corrected chi connectivity index (χ4v) is 6.61. The minimum atomic E-state index is -2.08. The van der Waals surface area contributed by atoms with E-state index in [0.717, 1.165) is 16.9 Å². The van der Waals surface area contributed by atoms with Gasteiger partial charge in [0.1, 0.15) is 17.4 Å². The van der Waals surface area contributed by atoms with Gasteiger partial charge in [0.25, 0.3) is 0 Å². The fraction of sp³-hybridized carbons (Fsp3) is 0.595. The van der Waals surface area contributed by atoms with Crippen molar-refractivity contribution in [2.24, 2.45) is 5.92 Å². The number of hydrogen-bond acceptors (Lipinski definition) is 6. The number of piperidine rings is 1. The molecule has 0 radical (unpaired) electrons. The number of amides is 2. The molecule has 2 aromatic rings. The molecule has 0 aromatic heterocycles. The molecule has 46 heavy (non-hydrogen) atoms. The highest BCUT2D eigenvalue weighted by Gasteiger charge is 2.49. The summed E-state index contributed by atoms with van der Waals surface area (Å²) in [7, 11) is -2.08. The van der Waals surface area contributed by atoms with Gasteiger partial charge >= 0.3 is 12.1 Å². The molecule has 0 aliphatic carbocycles. The van der Waals surface area contributed by atoms with Crippen molar-refractivity contribution in [2.75, 3.05) is 19.7 Å². The summed E-state index contributed by atoms with van der Waals surface area (Å²) in [5.74, 6) is 0.258. The number of ether oxygens (including phenoxy) is 2. The zero-order valence-corrected chi connectivity index (χ0v) is 30.9. The van der Waals surface area contributed by atoms with Crippen LogP contribution in [0.1, 0.15) is 86.3 Å². The smallest absolute Gasteiger partial charge is 0.410 e. The highest BCUT2D eigenvalue weighted by Crippen LogP contribution is 2.45. The van der Waals surface area contributed by atoms with Crippen molar-refractivity contribution in [3.8, 4) is 5.75 Å². The van der Waals surface area contributed by atoms with Crippen LogP contribution in [0.15, 0.2) is 54.6 Å². The largest absolute Gasteiger partial charge is 0.543 e. The average Bonchev–Trinajstić information content (AvgIpc) is 2.95. The number of benzene rings is 2. The molecular weight excluding hydrogens is 597 g/mol. The zero-order chi connectivity index (χ0) is 34.5. The van der Waals surface area contributed by atoms with Crippen molar-refractivity contribution in [3.05, 3.63) is 65.7 Å². The molecule has 254 valence electrons. The first-order valence-electron chi connectivity index (χ1n) is 16.5. The second-order valence-corrected chi connectivity index (χ2v) is 20.1. The lowest BCUT2D eigenvalue weighted by Crippen LogP contribution is -2.60. The van der Waals surface area contributed by atoms with Gasteiger partial charge in [0.2, 0.25) is 14.2 Å². The van der Waals surface area contributed by atoms with E-state index in [0.29, 0.717) is 19.5 Å². The SMILES string of the molecule is CCOC(=O)CCN(Cc1ccccc1)C(=O)[C@H]1C[C@@](C)(c2cccc(O[Si](C)(C)C(C)(C)C)c2)[C@@H](C)CN1C(=O)OC(C)(C)C. The second kappa shape index (κ2) is 14.6. The summed E-state index contributed by atoms with van der Waals surface area (Å²) in [4.78, 5) is 44.0. The number of carbonyl (C=O) groups is 3. The predicted molar refractivity (Wildman–Crippen MR) is 185 cm³/mol. The van der Waals surface area contributed by atoms with Crippen molar-refractivity contribution >= 4 is 26.3 Å². The van der Waals surface area contributed by atoms with Crippen LogP contribution < -0.4 is 4.43 Å². The van der Waals surface area contributed by atoms with E-state index >= 15 is 0 Å². The molecule has 0 spiro atoms. The Morgan fingerprint density at radius 2 is 1.65 bits per heavy atom. The molecule has 1 aliphatic rings. The van der Waals surface area contributed by atoms with Gasteiger partial charge < -0.3 is 18.8 Å². The molecular formula is C37H56N2O6Si. The van der Waals surface area contributed by atoms with E-state index < -0.39 is 31.5 Å². The molecule has 1 saturated heterocycles. The van der Waals surface area contributed by atoms with Gasteiger partial charge in [0, 0.05) is 19.6 Å². The third-order valence-corrected chi connectivity index (χ3v) is 13.9. The number of hydrogen-bond donors (Lipinski definition) is 0. The van der Waals surface area contributed by atoms with E-state index in [9.17, 15) is 14.4 Å². The Kier molecular flexibility index (Phi) is 11.8. The Hall–Kier alpha value is -3.33. The minimum Gasteiger partial charge on any atom is -0.543 e. The average molecular weight is 653 g/mol. The maximum absolute atomic E-state index is 14.6. The van der Waals surface area contributed by atoms with Crippen molar-refractivity contribution in [3.63, 3.8) is 0 Å². The summed E-state index contributed by atoms with van der Waals surface area (Å²) in [5, 5.41) is 0.0439. The Morgan fingerprint density at radius 1 is 1.00 bits per heavy atom. The molecule has 1 aliphatic heterocycles. The van der Waals surface area contributed by atoms with Crippen LogP contribution in [0.4, 0.5) is 4.79 Å². The first-order valence-corrected chi connectivity index (χ1v) is 19.5. The van der Waals surface area contributed by atoms with Gasteiger partial charge in [-0.05, 0) is 86.8 Å². The summed E-state index contributed by atoms with van der Waals surface area (Å²) in [5.41, 5.74) is 0.827. The van der Waals surface area contributed by atoms with Gasteiger partial charge in [-0.25, -0.2) is 4.79 Å². The van der Waals surface area contributed by atoms with Crippen LogP contribution in [-0.4, -0.2) is 67.4 Å². The van der Waals surface area contributed by atoms with Gasteiger partial charge in [0.05, 0.1) is 13.0 Å². The molecule has 2 amide bonds. The van der Waals surface area contributed by atoms with Crippen LogP contribution in [0.2, 0.25) is 18.1 Å². The van der Waals surface area contributed by atoms with Gasteiger partial charge in [-0.15, -0.1) is 0 Å². The van der Waals surface area contributed by atoms with Gasteiger partial charge in [0.15, 0.2) is 0 Å². The highest BCUT2D eigenvalue weighted by atomic mass is 28.4. The summed E-state index contributed by atoms with van der Waals surface area (Å²) in [6.45, 7) is 23.8. The van der Waals surface area contributed by atoms with Crippen LogP contribution >= 0.6 is 0 Å². The van der Waals surface area contributed by atoms with E-state index in [1.807, 2.05) is 63.2 Å². The van der Waals surface area contributed by atoms with Gasteiger partial charge in [-0.1, -0.05) is 77.1 Å². The van der Waals surface area contributed by atoms with Crippen molar-refractivity contribution in [1.82, 2.24) is 9.80 Å². The molecule has 0 N–H and O–H groups in total. The standard InChI is InChI=1S/C37H56N2O6Si/c1-12-43-32(40)21-22-38(26-28-17-14-13-15-18-28)33(41)31-24-37(9,27(2)25-39(31)34(42)44-35(3,4)5)29-19-16-20-30(23-29)45-46(10,11)36(6,7)8/h13-20,23,27,31H,12,21-22,24-26H2,1-11H3/t27-,31+,37+/m0/s1. The molecule has 0 unspecified atom stereocenters. The van der Waals surface area contributed by atoms with Crippen LogP contribution in [-0.2, 0) is 31.0 Å². The lowest BCUT2D eigenvalue weighted by Gasteiger charge is -2.49. The number of nitrogens with zero attached hydrogens (tertiary/aromatic N) is 2. The number of rotatable bonds is 10. The van der Waals surface area contributed by atoms with E-state index in [1.165, 1.54) is 0 Å². The Labute approximate surface area is 277 Å². The third kappa shape index (κ3) is 9.36. The van der Waals surface area contributed by atoms with Crippen molar-refractivity contribution in [1.29, 1.82) is 0 Å². The topological polar surface area (TPSA) is 85.4 Å². The molecule has 9 heteroatoms. The Morgan fingerprint density at radius 3 is 2.24 bits per heavy atom. The molecule has 8 nitrogen and oxygen atoms in total. The molecule has 2 aromatic carbocycles. The molecule has 0 saturated carbocycles. The van der Waals surface area contributed by atoms with Crippen LogP contribution in [0, 0.1) is 5.92 Å². The maximum atomic E-state index is 14.6.